The molecule has 2 fully saturated rings. The Bertz CT molecular complexity index is 334. The van der Waals surface area contributed by atoms with Crippen molar-refractivity contribution in [3.05, 3.63) is 24.3 Å². The number of hydrogen-bond acceptors (Lipinski definition) is 2. The lowest BCUT2D eigenvalue weighted by Crippen LogP contribution is -2.26. The van der Waals surface area contributed by atoms with Crippen LogP contribution in [0.1, 0.15) is 32.1 Å². The van der Waals surface area contributed by atoms with Gasteiger partial charge in [0.25, 0.3) is 0 Å². The fourth-order valence-electron chi connectivity index (χ4n) is 2.53. The molecule has 3 rings (SSSR count). The van der Waals surface area contributed by atoms with Crippen LogP contribution in [0.15, 0.2) is 24.3 Å². The Morgan fingerprint density at radius 1 is 0.938 bits per heavy atom. The third kappa shape index (κ3) is 2.01. The predicted molar refractivity (Wildman–Crippen MR) is 69.2 cm³/mol. The molecule has 0 aromatic heterocycles. The molecule has 86 valence electrons. The highest BCUT2D eigenvalue weighted by molar-refractivity contribution is 5.55. The van der Waals surface area contributed by atoms with Gasteiger partial charge in [0.05, 0.1) is 0 Å². The zero-order valence-corrected chi connectivity index (χ0v) is 9.78. The van der Waals surface area contributed by atoms with Crippen molar-refractivity contribution in [3.63, 3.8) is 0 Å². The summed E-state index contributed by atoms with van der Waals surface area (Å²) in [6, 6.07) is 9.70. The van der Waals surface area contributed by atoms with E-state index in [2.05, 4.69) is 34.5 Å². The Labute approximate surface area is 97.6 Å². The third-order valence-corrected chi connectivity index (χ3v) is 3.81. The molecule has 1 saturated heterocycles. The minimum absolute atomic E-state index is 0.734. The lowest BCUT2D eigenvalue weighted by atomic mass is 9.93. The van der Waals surface area contributed by atoms with E-state index in [4.69, 9.17) is 0 Å². The van der Waals surface area contributed by atoms with Crippen LogP contribution in [0.5, 0.6) is 0 Å². The topological polar surface area (TPSA) is 15.3 Å². The van der Waals surface area contributed by atoms with Crippen LogP contribution in [-0.2, 0) is 0 Å². The largest absolute Gasteiger partial charge is 0.382 e. The van der Waals surface area contributed by atoms with Crippen molar-refractivity contribution in [2.24, 2.45) is 0 Å². The average molecular weight is 216 g/mol. The van der Waals surface area contributed by atoms with E-state index in [0.29, 0.717) is 0 Å². The van der Waals surface area contributed by atoms with Gasteiger partial charge < -0.3 is 10.2 Å². The van der Waals surface area contributed by atoms with Crippen LogP contribution in [0, 0.1) is 0 Å². The summed E-state index contributed by atoms with van der Waals surface area (Å²) in [4.78, 5) is 2.48. The maximum atomic E-state index is 3.58. The van der Waals surface area contributed by atoms with Crippen molar-refractivity contribution in [2.45, 2.75) is 38.1 Å². The molecule has 1 N–H and O–H groups in total. The van der Waals surface area contributed by atoms with Crippen molar-refractivity contribution < 1.29 is 0 Å². The molecule has 0 radical (unpaired) electrons. The number of benzene rings is 1. The van der Waals surface area contributed by atoms with Crippen LogP contribution in [-0.4, -0.2) is 19.1 Å². The van der Waals surface area contributed by atoms with Crippen molar-refractivity contribution in [2.75, 3.05) is 23.3 Å². The Morgan fingerprint density at radius 2 is 1.62 bits per heavy atom. The number of nitrogens with one attached hydrogen (secondary N) is 1. The second kappa shape index (κ2) is 4.36. The predicted octanol–water partition coefficient (Wildman–Crippen LogP) is 3.25. The van der Waals surface area contributed by atoms with E-state index in [1.54, 1.807) is 0 Å². The molecule has 2 heteroatoms. The standard InChI is InChI=1S/C14H20N2/c1-2-11-16(10-1)14-8-6-13(7-9-14)15-12-4-3-5-12/h6-9,12,15H,1-5,10-11H2. The molecular weight excluding hydrogens is 196 g/mol. The number of nitrogens with zero attached hydrogens (tertiary/aromatic N) is 1. The summed E-state index contributed by atoms with van der Waals surface area (Å²) in [6.07, 6.45) is 6.77. The van der Waals surface area contributed by atoms with Gasteiger partial charge in [0.15, 0.2) is 0 Å². The van der Waals surface area contributed by atoms with E-state index >= 15 is 0 Å². The molecule has 1 aromatic rings. The lowest BCUT2D eigenvalue weighted by molar-refractivity contribution is 0.445. The molecule has 16 heavy (non-hydrogen) atoms. The monoisotopic (exact) mass is 216 g/mol. The second-order valence-corrected chi connectivity index (χ2v) is 5.01. The first-order valence-electron chi connectivity index (χ1n) is 6.53. The molecule has 1 saturated carbocycles. The molecule has 0 atom stereocenters. The summed E-state index contributed by atoms with van der Waals surface area (Å²) in [5.74, 6) is 0. The van der Waals surface area contributed by atoms with Crippen LogP contribution in [0.25, 0.3) is 0 Å². The highest BCUT2D eigenvalue weighted by Crippen LogP contribution is 2.26. The normalized spacial score (nSPS) is 20.9. The Balaban J connectivity index is 1.64. The molecular formula is C14H20N2. The lowest BCUT2D eigenvalue weighted by Gasteiger charge is -2.27. The molecule has 1 aromatic carbocycles. The molecule has 0 spiro atoms. The molecule has 2 aliphatic rings. The fourth-order valence-corrected chi connectivity index (χ4v) is 2.53. The highest BCUT2D eigenvalue weighted by atomic mass is 15.1. The number of rotatable bonds is 3. The molecule has 2 nitrogen and oxygen atoms in total. The maximum absolute atomic E-state index is 3.58. The average Bonchev–Trinajstić information content (AvgIpc) is 2.78. The van der Waals surface area contributed by atoms with Gasteiger partial charge >= 0.3 is 0 Å². The van der Waals surface area contributed by atoms with Gasteiger partial charge in [-0.1, -0.05) is 0 Å². The van der Waals surface area contributed by atoms with Crippen LogP contribution in [0.3, 0.4) is 0 Å². The van der Waals surface area contributed by atoms with E-state index in [1.807, 2.05) is 0 Å². The summed E-state index contributed by atoms with van der Waals surface area (Å²) >= 11 is 0. The molecule has 0 amide bonds. The van der Waals surface area contributed by atoms with Crippen molar-refractivity contribution in [3.8, 4) is 0 Å². The zero-order valence-electron chi connectivity index (χ0n) is 9.78. The van der Waals surface area contributed by atoms with Gasteiger partial charge in [0.1, 0.15) is 0 Å². The quantitative estimate of drug-likeness (QED) is 0.834. The van der Waals surface area contributed by atoms with Crippen LogP contribution >= 0.6 is 0 Å². The first-order valence-corrected chi connectivity index (χ1v) is 6.53. The SMILES string of the molecule is c1cc(N2CCCC2)ccc1NC1CCC1. The fraction of sp³-hybridized carbons (Fsp3) is 0.571. The van der Waals surface area contributed by atoms with Crippen LogP contribution in [0.2, 0.25) is 0 Å². The van der Waals surface area contributed by atoms with Crippen molar-refractivity contribution >= 4 is 11.4 Å². The molecule has 1 aliphatic heterocycles. The van der Waals surface area contributed by atoms with E-state index in [0.717, 1.165) is 6.04 Å². The summed E-state index contributed by atoms with van der Waals surface area (Å²) in [5, 5.41) is 3.58. The van der Waals surface area contributed by atoms with Gasteiger partial charge in [0, 0.05) is 30.5 Å². The third-order valence-electron chi connectivity index (χ3n) is 3.81. The Hall–Kier alpha value is -1.18. The van der Waals surface area contributed by atoms with Crippen LogP contribution in [0.4, 0.5) is 11.4 Å². The van der Waals surface area contributed by atoms with E-state index in [1.165, 1.54) is 56.6 Å². The maximum Gasteiger partial charge on any atom is 0.0367 e. The minimum atomic E-state index is 0.734. The number of anilines is 2. The summed E-state index contributed by atoms with van der Waals surface area (Å²) in [7, 11) is 0. The summed E-state index contributed by atoms with van der Waals surface area (Å²) in [6.45, 7) is 2.46. The van der Waals surface area contributed by atoms with E-state index in [-0.39, 0.29) is 0 Å². The Kier molecular flexibility index (Phi) is 2.73. The summed E-state index contributed by atoms with van der Waals surface area (Å²) < 4.78 is 0. The molecule has 1 aliphatic carbocycles. The highest BCUT2D eigenvalue weighted by Gasteiger charge is 2.17. The second-order valence-electron chi connectivity index (χ2n) is 5.01. The van der Waals surface area contributed by atoms with E-state index < -0.39 is 0 Å². The molecule has 0 bridgehead atoms. The van der Waals surface area contributed by atoms with Gasteiger partial charge in [-0.25, -0.2) is 0 Å². The zero-order chi connectivity index (χ0) is 10.8. The number of hydrogen-bond donors (Lipinski definition) is 1. The smallest absolute Gasteiger partial charge is 0.0367 e. The van der Waals surface area contributed by atoms with Gasteiger partial charge in [0.2, 0.25) is 0 Å². The molecule has 1 heterocycles. The van der Waals surface area contributed by atoms with Gasteiger partial charge in [-0.05, 0) is 56.4 Å². The van der Waals surface area contributed by atoms with Crippen LogP contribution < -0.4 is 10.2 Å². The van der Waals surface area contributed by atoms with E-state index in [9.17, 15) is 0 Å². The van der Waals surface area contributed by atoms with Gasteiger partial charge in [-0.2, -0.15) is 0 Å². The first kappa shape index (κ1) is 10.0. The van der Waals surface area contributed by atoms with Gasteiger partial charge in [-0.15, -0.1) is 0 Å². The van der Waals surface area contributed by atoms with Gasteiger partial charge in [-0.3, -0.25) is 0 Å². The van der Waals surface area contributed by atoms with Crippen molar-refractivity contribution in [1.29, 1.82) is 0 Å². The minimum Gasteiger partial charge on any atom is -0.382 e. The summed E-state index contributed by atoms with van der Waals surface area (Å²) in [5.41, 5.74) is 2.67. The first-order chi connectivity index (χ1) is 7.92. The molecule has 0 unspecified atom stereocenters. The van der Waals surface area contributed by atoms with Crippen molar-refractivity contribution in [1.82, 2.24) is 0 Å². The Morgan fingerprint density at radius 3 is 2.19 bits per heavy atom.